The van der Waals surface area contributed by atoms with E-state index < -0.39 is 6.04 Å². The molecule has 2 aromatic rings. The number of benzene rings is 1. The quantitative estimate of drug-likeness (QED) is 0.841. The van der Waals surface area contributed by atoms with E-state index in [1.54, 1.807) is 4.68 Å². The van der Waals surface area contributed by atoms with Crippen LogP contribution < -0.4 is 11.1 Å². The lowest BCUT2D eigenvalue weighted by molar-refractivity contribution is -0.122. The average Bonchev–Trinajstić information content (AvgIpc) is 2.81. The van der Waals surface area contributed by atoms with Crippen LogP contribution in [0.3, 0.4) is 0 Å². The number of nitrogens with zero attached hydrogens (tertiary/aromatic N) is 2. The fourth-order valence-corrected chi connectivity index (χ4v) is 2.23. The van der Waals surface area contributed by atoms with Crippen LogP contribution in [0.2, 0.25) is 0 Å². The molecule has 1 unspecified atom stereocenters. The maximum Gasteiger partial charge on any atom is 0.237 e. The molecule has 0 aliphatic heterocycles. The highest BCUT2D eigenvalue weighted by molar-refractivity contribution is 5.81. The number of hydrogen-bond donors (Lipinski definition) is 2. The number of carbonyl (C=O) groups excluding carboxylic acids is 1. The van der Waals surface area contributed by atoms with Crippen molar-refractivity contribution in [1.82, 2.24) is 15.1 Å². The summed E-state index contributed by atoms with van der Waals surface area (Å²) in [5.74, 6) is -0.116. The molecule has 1 heterocycles. The molecule has 1 atom stereocenters. The summed E-state index contributed by atoms with van der Waals surface area (Å²) in [6.45, 7) is 2.40. The Morgan fingerprint density at radius 1 is 1.38 bits per heavy atom. The molecule has 21 heavy (non-hydrogen) atoms. The van der Waals surface area contributed by atoms with E-state index in [0.717, 1.165) is 17.7 Å². The molecule has 5 heteroatoms. The number of carbonyl (C=O) groups is 1. The third kappa shape index (κ3) is 4.43. The van der Waals surface area contributed by atoms with Gasteiger partial charge in [-0.1, -0.05) is 30.3 Å². The second kappa shape index (κ2) is 7.04. The Morgan fingerprint density at radius 3 is 2.71 bits per heavy atom. The molecule has 0 radical (unpaired) electrons. The van der Waals surface area contributed by atoms with Crippen molar-refractivity contribution in [2.75, 3.05) is 0 Å². The largest absolute Gasteiger partial charge is 0.351 e. The predicted molar refractivity (Wildman–Crippen MR) is 82.5 cm³/mol. The molecule has 0 fully saturated rings. The minimum atomic E-state index is -0.484. The van der Waals surface area contributed by atoms with Gasteiger partial charge in [0.2, 0.25) is 5.91 Å². The van der Waals surface area contributed by atoms with Gasteiger partial charge in [-0.05, 0) is 25.3 Å². The van der Waals surface area contributed by atoms with Gasteiger partial charge in [-0.25, -0.2) is 0 Å². The van der Waals surface area contributed by atoms with Crippen molar-refractivity contribution in [3.63, 3.8) is 0 Å². The first-order valence-electron chi connectivity index (χ1n) is 7.12. The van der Waals surface area contributed by atoms with Crippen LogP contribution in [0.25, 0.3) is 0 Å². The molecule has 0 aliphatic rings. The predicted octanol–water partition coefficient (Wildman–Crippen LogP) is 1.30. The van der Waals surface area contributed by atoms with E-state index in [4.69, 9.17) is 5.73 Å². The summed E-state index contributed by atoms with van der Waals surface area (Å²) >= 11 is 0. The third-order valence-electron chi connectivity index (χ3n) is 3.49. The van der Waals surface area contributed by atoms with Crippen LogP contribution in [0, 0.1) is 6.92 Å². The van der Waals surface area contributed by atoms with Gasteiger partial charge in [0.1, 0.15) is 0 Å². The van der Waals surface area contributed by atoms with Crippen molar-refractivity contribution in [2.45, 2.75) is 32.4 Å². The molecular weight excluding hydrogens is 264 g/mol. The van der Waals surface area contributed by atoms with E-state index in [1.165, 1.54) is 5.56 Å². The molecule has 1 aromatic carbocycles. The summed E-state index contributed by atoms with van der Waals surface area (Å²) in [6, 6.07) is 9.57. The van der Waals surface area contributed by atoms with E-state index in [2.05, 4.69) is 10.4 Å². The number of nitrogens with one attached hydrogen (secondary N) is 1. The van der Waals surface area contributed by atoms with Crippen LogP contribution in [-0.4, -0.2) is 21.7 Å². The zero-order chi connectivity index (χ0) is 15.2. The summed E-state index contributed by atoms with van der Waals surface area (Å²) in [6.07, 6.45) is 3.36. The van der Waals surface area contributed by atoms with Gasteiger partial charge in [0.05, 0.1) is 11.7 Å². The molecular formula is C16H22N4O. The number of aryl methyl sites for hydroxylation is 3. The van der Waals surface area contributed by atoms with Crippen molar-refractivity contribution >= 4 is 5.91 Å². The number of amides is 1. The van der Waals surface area contributed by atoms with Gasteiger partial charge in [0.25, 0.3) is 0 Å². The second-order valence-electron chi connectivity index (χ2n) is 5.26. The second-order valence-corrected chi connectivity index (χ2v) is 5.26. The number of rotatable bonds is 6. The lowest BCUT2D eigenvalue weighted by Crippen LogP contribution is -2.40. The molecule has 0 spiro atoms. The van der Waals surface area contributed by atoms with Crippen molar-refractivity contribution in [1.29, 1.82) is 0 Å². The van der Waals surface area contributed by atoms with E-state index in [0.29, 0.717) is 13.0 Å². The summed E-state index contributed by atoms with van der Waals surface area (Å²) in [5, 5.41) is 7.12. The minimum Gasteiger partial charge on any atom is -0.351 e. The summed E-state index contributed by atoms with van der Waals surface area (Å²) in [7, 11) is 1.86. The number of nitrogens with two attached hydrogens (primary N) is 1. The van der Waals surface area contributed by atoms with Gasteiger partial charge in [0.15, 0.2) is 0 Å². The molecule has 1 aromatic heterocycles. The topological polar surface area (TPSA) is 72.9 Å². The highest BCUT2D eigenvalue weighted by Gasteiger charge is 2.14. The van der Waals surface area contributed by atoms with Gasteiger partial charge < -0.3 is 11.1 Å². The number of aromatic nitrogens is 2. The van der Waals surface area contributed by atoms with Gasteiger partial charge in [-0.2, -0.15) is 5.10 Å². The Balaban J connectivity index is 1.79. The van der Waals surface area contributed by atoms with Gasteiger partial charge >= 0.3 is 0 Å². The van der Waals surface area contributed by atoms with Crippen molar-refractivity contribution in [2.24, 2.45) is 12.8 Å². The highest BCUT2D eigenvalue weighted by atomic mass is 16.2. The Hall–Kier alpha value is -2.14. The standard InChI is InChI=1S/C16H22N4O/c1-12-14(11-20(2)19-12)10-18-16(21)15(17)9-8-13-6-4-3-5-7-13/h3-7,11,15H,8-10,17H2,1-2H3,(H,18,21). The lowest BCUT2D eigenvalue weighted by Gasteiger charge is -2.12. The Kier molecular flexibility index (Phi) is 5.11. The van der Waals surface area contributed by atoms with Crippen LogP contribution in [0.4, 0.5) is 0 Å². The van der Waals surface area contributed by atoms with Crippen LogP contribution in [0.1, 0.15) is 23.2 Å². The fourth-order valence-electron chi connectivity index (χ4n) is 2.23. The van der Waals surface area contributed by atoms with Crippen molar-refractivity contribution < 1.29 is 4.79 Å². The van der Waals surface area contributed by atoms with Crippen LogP contribution in [0.5, 0.6) is 0 Å². The fraction of sp³-hybridized carbons (Fsp3) is 0.375. The van der Waals surface area contributed by atoms with E-state index in [1.807, 2.05) is 50.5 Å². The Morgan fingerprint density at radius 2 is 2.10 bits per heavy atom. The molecule has 0 saturated heterocycles. The van der Waals surface area contributed by atoms with E-state index >= 15 is 0 Å². The molecule has 2 rings (SSSR count). The van der Waals surface area contributed by atoms with Crippen LogP contribution in [0.15, 0.2) is 36.5 Å². The molecule has 0 bridgehead atoms. The number of hydrogen-bond acceptors (Lipinski definition) is 3. The molecule has 0 saturated carbocycles. The van der Waals surface area contributed by atoms with E-state index in [-0.39, 0.29) is 5.91 Å². The third-order valence-corrected chi connectivity index (χ3v) is 3.49. The SMILES string of the molecule is Cc1nn(C)cc1CNC(=O)C(N)CCc1ccccc1. The summed E-state index contributed by atoms with van der Waals surface area (Å²) in [4.78, 5) is 12.0. The normalized spacial score (nSPS) is 12.1. The van der Waals surface area contributed by atoms with Gasteiger partial charge in [0, 0.05) is 25.4 Å². The minimum absolute atomic E-state index is 0.116. The maximum absolute atomic E-state index is 12.0. The van der Waals surface area contributed by atoms with Gasteiger partial charge in [-0.15, -0.1) is 0 Å². The molecule has 0 aliphatic carbocycles. The van der Waals surface area contributed by atoms with Gasteiger partial charge in [-0.3, -0.25) is 9.48 Å². The summed E-state index contributed by atoms with van der Waals surface area (Å²) in [5.41, 5.74) is 9.08. The van der Waals surface area contributed by atoms with E-state index in [9.17, 15) is 4.79 Å². The average molecular weight is 286 g/mol. The first-order chi connectivity index (χ1) is 10.1. The summed E-state index contributed by atoms with van der Waals surface area (Å²) < 4.78 is 1.74. The van der Waals surface area contributed by atoms with Crippen LogP contribution in [-0.2, 0) is 24.8 Å². The van der Waals surface area contributed by atoms with Crippen LogP contribution >= 0.6 is 0 Å². The zero-order valence-electron chi connectivity index (χ0n) is 12.5. The zero-order valence-corrected chi connectivity index (χ0v) is 12.5. The highest BCUT2D eigenvalue weighted by Crippen LogP contribution is 2.06. The molecule has 3 N–H and O–H groups in total. The molecule has 112 valence electrons. The molecule has 5 nitrogen and oxygen atoms in total. The lowest BCUT2D eigenvalue weighted by atomic mass is 10.1. The van der Waals surface area contributed by atoms with Crippen molar-refractivity contribution in [3.05, 3.63) is 53.3 Å². The van der Waals surface area contributed by atoms with Crippen molar-refractivity contribution in [3.8, 4) is 0 Å². The smallest absolute Gasteiger partial charge is 0.237 e. The first kappa shape index (κ1) is 15.3. The maximum atomic E-state index is 12.0. The molecule has 1 amide bonds. The Labute approximate surface area is 125 Å². The Bertz CT molecular complexity index is 592. The monoisotopic (exact) mass is 286 g/mol. The first-order valence-corrected chi connectivity index (χ1v) is 7.12.